The summed E-state index contributed by atoms with van der Waals surface area (Å²) in [6.07, 6.45) is 0.931. The van der Waals surface area contributed by atoms with Crippen molar-refractivity contribution >= 4 is 55.9 Å². The Balaban J connectivity index is 2.66. The van der Waals surface area contributed by atoms with Gasteiger partial charge in [0.1, 0.15) is 3.79 Å². The normalized spacial score (nSPS) is 10.2. The lowest BCUT2D eigenvalue weighted by molar-refractivity contribution is -0.116. The van der Waals surface area contributed by atoms with Crippen LogP contribution < -0.4 is 5.32 Å². The standard InChI is InChI=1S/C10H12BrClN2O3S/c1-2-17-9(16)7-8(11)18-10(14-7)13-6(15)4-3-5-12/h2-5H2,1H3,(H,13,14,15). The maximum Gasteiger partial charge on any atom is 0.359 e. The topological polar surface area (TPSA) is 68.3 Å². The Morgan fingerprint density at radius 2 is 2.28 bits per heavy atom. The van der Waals surface area contributed by atoms with Gasteiger partial charge in [0, 0.05) is 12.3 Å². The predicted molar refractivity (Wildman–Crippen MR) is 74.4 cm³/mol. The molecule has 0 aliphatic carbocycles. The predicted octanol–water partition coefficient (Wildman–Crippen LogP) is 3.04. The minimum Gasteiger partial charge on any atom is -0.461 e. The number of esters is 1. The number of amides is 1. The molecule has 18 heavy (non-hydrogen) atoms. The third-order valence-electron chi connectivity index (χ3n) is 1.84. The molecule has 0 radical (unpaired) electrons. The second-order valence-electron chi connectivity index (χ2n) is 3.20. The van der Waals surface area contributed by atoms with Gasteiger partial charge < -0.3 is 10.1 Å². The third kappa shape index (κ3) is 4.55. The lowest BCUT2D eigenvalue weighted by Crippen LogP contribution is -2.12. The van der Waals surface area contributed by atoms with E-state index in [0.29, 0.717) is 27.6 Å². The molecule has 0 fully saturated rings. The number of anilines is 1. The molecule has 1 aromatic rings. The van der Waals surface area contributed by atoms with Gasteiger partial charge >= 0.3 is 5.97 Å². The lowest BCUT2D eigenvalue weighted by Gasteiger charge is -1.99. The van der Waals surface area contributed by atoms with E-state index in [4.69, 9.17) is 16.3 Å². The molecule has 0 saturated carbocycles. The molecule has 1 aromatic heterocycles. The van der Waals surface area contributed by atoms with E-state index in [2.05, 4.69) is 26.2 Å². The van der Waals surface area contributed by atoms with Crippen molar-refractivity contribution in [2.75, 3.05) is 17.8 Å². The number of carbonyl (C=O) groups is 2. The number of nitrogens with zero attached hydrogens (tertiary/aromatic N) is 1. The molecule has 100 valence electrons. The van der Waals surface area contributed by atoms with Crippen molar-refractivity contribution in [2.24, 2.45) is 0 Å². The summed E-state index contributed by atoms with van der Waals surface area (Å²) in [7, 11) is 0. The summed E-state index contributed by atoms with van der Waals surface area (Å²) in [5.41, 5.74) is 0.175. The van der Waals surface area contributed by atoms with Gasteiger partial charge in [-0.15, -0.1) is 11.6 Å². The number of rotatable bonds is 6. The zero-order valence-electron chi connectivity index (χ0n) is 9.66. The molecule has 0 atom stereocenters. The Hall–Kier alpha value is -0.660. The highest BCUT2D eigenvalue weighted by Gasteiger charge is 2.18. The zero-order chi connectivity index (χ0) is 13.5. The van der Waals surface area contributed by atoms with Crippen LogP contribution in [0.3, 0.4) is 0 Å². The van der Waals surface area contributed by atoms with Crippen molar-refractivity contribution in [3.8, 4) is 0 Å². The molecular formula is C10H12BrClN2O3S. The van der Waals surface area contributed by atoms with E-state index in [0.717, 1.165) is 0 Å². The highest BCUT2D eigenvalue weighted by atomic mass is 79.9. The number of carbonyl (C=O) groups excluding carboxylic acids is 2. The van der Waals surface area contributed by atoms with Gasteiger partial charge in [0.05, 0.1) is 6.61 Å². The summed E-state index contributed by atoms with van der Waals surface area (Å²) in [4.78, 5) is 27.0. The molecule has 1 N–H and O–H groups in total. The first-order valence-electron chi connectivity index (χ1n) is 5.27. The molecule has 0 aliphatic heterocycles. The third-order valence-corrected chi connectivity index (χ3v) is 3.73. The van der Waals surface area contributed by atoms with Crippen molar-refractivity contribution in [3.05, 3.63) is 9.48 Å². The lowest BCUT2D eigenvalue weighted by atomic mass is 10.3. The van der Waals surface area contributed by atoms with Gasteiger partial charge in [0.25, 0.3) is 0 Å². The molecule has 0 saturated heterocycles. The minimum atomic E-state index is -0.512. The van der Waals surface area contributed by atoms with Gasteiger partial charge in [-0.25, -0.2) is 9.78 Å². The fraction of sp³-hybridized carbons (Fsp3) is 0.500. The molecule has 0 aliphatic rings. The number of nitrogens with one attached hydrogen (secondary N) is 1. The summed E-state index contributed by atoms with van der Waals surface area (Å²) in [5.74, 6) is -0.252. The SMILES string of the molecule is CCOC(=O)c1nc(NC(=O)CCCCl)sc1Br. The van der Waals surface area contributed by atoms with E-state index in [-0.39, 0.29) is 18.2 Å². The Kier molecular flexibility index (Phi) is 6.59. The van der Waals surface area contributed by atoms with Crippen molar-refractivity contribution in [1.29, 1.82) is 0 Å². The molecule has 1 heterocycles. The molecular weight excluding hydrogens is 344 g/mol. The zero-order valence-corrected chi connectivity index (χ0v) is 12.8. The largest absolute Gasteiger partial charge is 0.461 e. The van der Waals surface area contributed by atoms with Crippen LogP contribution in [-0.2, 0) is 9.53 Å². The quantitative estimate of drug-likeness (QED) is 0.629. The number of halogens is 2. The summed E-state index contributed by atoms with van der Waals surface area (Å²) >= 11 is 9.88. The van der Waals surface area contributed by atoms with Crippen molar-refractivity contribution in [3.63, 3.8) is 0 Å². The highest BCUT2D eigenvalue weighted by molar-refractivity contribution is 9.11. The Morgan fingerprint density at radius 1 is 1.56 bits per heavy atom. The molecule has 1 amide bonds. The fourth-order valence-corrected chi connectivity index (χ4v) is 2.63. The second kappa shape index (κ2) is 7.70. The number of alkyl halides is 1. The van der Waals surface area contributed by atoms with Crippen LogP contribution in [0.1, 0.15) is 30.3 Å². The highest BCUT2D eigenvalue weighted by Crippen LogP contribution is 2.29. The number of hydrogen-bond acceptors (Lipinski definition) is 5. The van der Waals surface area contributed by atoms with Crippen LogP contribution in [-0.4, -0.2) is 29.3 Å². The molecule has 1 rings (SSSR count). The molecule has 0 unspecified atom stereocenters. The van der Waals surface area contributed by atoms with E-state index in [1.807, 2.05) is 0 Å². The smallest absolute Gasteiger partial charge is 0.359 e. The van der Waals surface area contributed by atoms with E-state index in [9.17, 15) is 9.59 Å². The Bertz CT molecular complexity index is 439. The number of ether oxygens (including phenoxy) is 1. The first-order chi connectivity index (χ1) is 8.58. The van der Waals surface area contributed by atoms with Crippen LogP contribution in [0.2, 0.25) is 0 Å². The van der Waals surface area contributed by atoms with Crippen LogP contribution in [0.5, 0.6) is 0 Å². The van der Waals surface area contributed by atoms with Gasteiger partial charge in [-0.05, 0) is 29.3 Å². The minimum absolute atomic E-state index is 0.174. The van der Waals surface area contributed by atoms with Crippen molar-refractivity contribution in [2.45, 2.75) is 19.8 Å². The summed E-state index contributed by atoms with van der Waals surface area (Å²) in [5, 5.41) is 2.97. The maximum absolute atomic E-state index is 11.5. The molecule has 0 spiro atoms. The van der Waals surface area contributed by atoms with E-state index >= 15 is 0 Å². The molecule has 0 aromatic carbocycles. The molecule has 8 heteroatoms. The van der Waals surface area contributed by atoms with Gasteiger partial charge in [-0.3, -0.25) is 4.79 Å². The van der Waals surface area contributed by atoms with E-state index in [1.54, 1.807) is 6.92 Å². The summed E-state index contributed by atoms with van der Waals surface area (Å²) < 4.78 is 5.37. The number of thiazole rings is 1. The van der Waals surface area contributed by atoms with E-state index in [1.165, 1.54) is 11.3 Å². The average molecular weight is 356 g/mol. The monoisotopic (exact) mass is 354 g/mol. The van der Waals surface area contributed by atoms with E-state index < -0.39 is 5.97 Å². The number of aromatic nitrogens is 1. The van der Waals surface area contributed by atoms with Crippen LogP contribution >= 0.6 is 38.9 Å². The van der Waals surface area contributed by atoms with Gasteiger partial charge in [-0.2, -0.15) is 0 Å². The Morgan fingerprint density at radius 3 is 2.89 bits per heavy atom. The van der Waals surface area contributed by atoms with Crippen LogP contribution in [0.15, 0.2) is 3.79 Å². The van der Waals surface area contributed by atoms with Crippen LogP contribution in [0.4, 0.5) is 5.13 Å². The summed E-state index contributed by atoms with van der Waals surface area (Å²) in [6.45, 7) is 1.99. The Labute approximate surface area is 122 Å². The molecule has 5 nitrogen and oxygen atoms in total. The van der Waals surface area contributed by atoms with Crippen LogP contribution in [0, 0.1) is 0 Å². The van der Waals surface area contributed by atoms with Crippen molar-refractivity contribution in [1.82, 2.24) is 4.98 Å². The second-order valence-corrected chi connectivity index (χ2v) is 5.90. The average Bonchev–Trinajstić information content (AvgIpc) is 2.68. The fourth-order valence-electron chi connectivity index (χ4n) is 1.09. The maximum atomic E-state index is 11.5. The van der Waals surface area contributed by atoms with Gasteiger partial charge in [-0.1, -0.05) is 11.3 Å². The first-order valence-corrected chi connectivity index (χ1v) is 7.42. The van der Waals surface area contributed by atoms with Gasteiger partial charge in [0.15, 0.2) is 10.8 Å². The van der Waals surface area contributed by atoms with Crippen LogP contribution in [0.25, 0.3) is 0 Å². The summed E-state index contributed by atoms with van der Waals surface area (Å²) in [6, 6.07) is 0. The van der Waals surface area contributed by atoms with Crippen molar-refractivity contribution < 1.29 is 14.3 Å². The number of hydrogen-bond donors (Lipinski definition) is 1. The van der Waals surface area contributed by atoms with Gasteiger partial charge in [0.2, 0.25) is 5.91 Å². The molecule has 0 bridgehead atoms. The first kappa shape index (κ1) is 15.4.